The Balaban J connectivity index is 1.49. The minimum absolute atomic E-state index is 0.102. The molecule has 182 valence electrons. The van der Waals surface area contributed by atoms with Gasteiger partial charge in [-0.1, -0.05) is 0 Å². The maximum absolute atomic E-state index is 13.2. The molecule has 8 nitrogen and oxygen atoms in total. The third-order valence-corrected chi connectivity index (χ3v) is 6.98. The van der Waals surface area contributed by atoms with Gasteiger partial charge in [0.1, 0.15) is 11.6 Å². The van der Waals surface area contributed by atoms with E-state index in [1.165, 1.54) is 0 Å². The fourth-order valence-electron chi connectivity index (χ4n) is 4.88. The monoisotopic (exact) mass is 475 g/mol. The number of fused-ring (bicyclic) bond motifs is 1. The molecule has 0 amide bonds. The van der Waals surface area contributed by atoms with Crippen molar-refractivity contribution in [1.82, 2.24) is 29.7 Å². The summed E-state index contributed by atoms with van der Waals surface area (Å²) in [4.78, 5) is 21.0. The molecule has 0 spiro atoms. The zero-order valence-electron chi connectivity index (χ0n) is 19.5. The van der Waals surface area contributed by atoms with E-state index >= 15 is 0 Å². The van der Waals surface area contributed by atoms with Crippen molar-refractivity contribution in [2.75, 3.05) is 24.6 Å². The lowest BCUT2D eigenvalue weighted by molar-refractivity contribution is -0.182. The van der Waals surface area contributed by atoms with Crippen molar-refractivity contribution in [3.05, 3.63) is 35.0 Å². The lowest BCUT2D eigenvalue weighted by Gasteiger charge is -2.34. The van der Waals surface area contributed by atoms with Crippen molar-refractivity contribution >= 4 is 17.1 Å². The van der Waals surface area contributed by atoms with E-state index in [0.29, 0.717) is 55.3 Å². The van der Waals surface area contributed by atoms with Gasteiger partial charge < -0.3 is 9.64 Å². The van der Waals surface area contributed by atoms with Crippen molar-refractivity contribution < 1.29 is 17.9 Å². The number of morpholine rings is 1. The van der Waals surface area contributed by atoms with Crippen molar-refractivity contribution in [2.24, 2.45) is 13.0 Å². The van der Waals surface area contributed by atoms with E-state index in [0.717, 1.165) is 17.0 Å². The van der Waals surface area contributed by atoms with Crippen LogP contribution < -0.4 is 4.90 Å². The predicted octanol–water partition coefficient (Wildman–Crippen LogP) is 4.18. The molecule has 0 N–H and O–H groups in total. The third-order valence-electron chi connectivity index (χ3n) is 6.98. The molecule has 4 heterocycles. The summed E-state index contributed by atoms with van der Waals surface area (Å²) >= 11 is 0. The first kappa shape index (κ1) is 22.9. The summed E-state index contributed by atoms with van der Waals surface area (Å²) in [6.45, 7) is 5.42. The molecule has 5 rings (SSSR count). The molecule has 11 heteroatoms. The van der Waals surface area contributed by atoms with Crippen molar-refractivity contribution in [3.63, 3.8) is 0 Å². The van der Waals surface area contributed by atoms with E-state index in [-0.39, 0.29) is 24.9 Å². The zero-order valence-corrected chi connectivity index (χ0v) is 19.5. The summed E-state index contributed by atoms with van der Waals surface area (Å²) in [6, 6.07) is 0. The molecule has 3 aromatic heterocycles. The van der Waals surface area contributed by atoms with Crippen LogP contribution >= 0.6 is 0 Å². The van der Waals surface area contributed by atoms with Gasteiger partial charge in [-0.05, 0) is 39.5 Å². The van der Waals surface area contributed by atoms with Gasteiger partial charge >= 0.3 is 6.18 Å². The van der Waals surface area contributed by atoms with Gasteiger partial charge in [0.25, 0.3) is 0 Å². The maximum atomic E-state index is 13.2. The molecular formula is C23H28F3N7O. The number of anilines is 1. The van der Waals surface area contributed by atoms with Crippen molar-refractivity contribution in [1.29, 1.82) is 0 Å². The summed E-state index contributed by atoms with van der Waals surface area (Å²) in [5, 5.41) is 4.24. The van der Waals surface area contributed by atoms with Gasteiger partial charge in [-0.2, -0.15) is 23.3 Å². The van der Waals surface area contributed by atoms with Crippen LogP contribution in [0.4, 0.5) is 19.1 Å². The summed E-state index contributed by atoms with van der Waals surface area (Å²) in [7, 11) is 1.86. The molecule has 1 aliphatic heterocycles. The highest BCUT2D eigenvalue weighted by Crippen LogP contribution is 2.43. The van der Waals surface area contributed by atoms with E-state index in [1.807, 2.05) is 27.1 Å². The van der Waals surface area contributed by atoms with E-state index in [4.69, 9.17) is 19.7 Å². The predicted molar refractivity (Wildman–Crippen MR) is 119 cm³/mol. The van der Waals surface area contributed by atoms with Crippen molar-refractivity contribution in [2.45, 2.75) is 57.7 Å². The minimum Gasteiger partial charge on any atom is -0.370 e. The first-order valence-electron chi connectivity index (χ1n) is 11.6. The van der Waals surface area contributed by atoms with Crippen LogP contribution in [0.5, 0.6) is 0 Å². The van der Waals surface area contributed by atoms with Gasteiger partial charge in [-0.15, -0.1) is 0 Å². The van der Waals surface area contributed by atoms with Gasteiger partial charge in [0, 0.05) is 31.3 Å². The number of hydrogen-bond acceptors (Lipinski definition) is 7. The summed E-state index contributed by atoms with van der Waals surface area (Å²) in [5.74, 6) is -0.824. The lowest BCUT2D eigenvalue weighted by atomic mass is 9.80. The number of rotatable bonds is 3. The van der Waals surface area contributed by atoms with Gasteiger partial charge in [-0.25, -0.2) is 15.0 Å². The maximum Gasteiger partial charge on any atom is 0.391 e. The van der Waals surface area contributed by atoms with E-state index < -0.39 is 12.1 Å². The van der Waals surface area contributed by atoms with Crippen molar-refractivity contribution in [3.8, 4) is 0 Å². The molecule has 0 aromatic carbocycles. The second-order valence-corrected chi connectivity index (χ2v) is 9.32. The Morgan fingerprint density at radius 2 is 1.74 bits per heavy atom. The van der Waals surface area contributed by atoms with Gasteiger partial charge in [0.05, 0.1) is 42.3 Å². The molecule has 0 radical (unpaired) electrons. The molecule has 1 aliphatic carbocycles. The summed E-state index contributed by atoms with van der Waals surface area (Å²) in [6.07, 6.45) is 0.458. The summed E-state index contributed by atoms with van der Waals surface area (Å²) in [5.41, 5.74) is 4.33. The number of ether oxygens (including phenoxy) is 1. The minimum atomic E-state index is -4.15. The van der Waals surface area contributed by atoms with Crippen LogP contribution in [0.15, 0.2) is 12.4 Å². The van der Waals surface area contributed by atoms with Crippen LogP contribution in [0.3, 0.4) is 0 Å². The number of halogens is 3. The summed E-state index contributed by atoms with van der Waals surface area (Å²) < 4.78 is 47.4. The number of aromatic nitrogens is 6. The lowest BCUT2D eigenvalue weighted by Crippen LogP contribution is -2.39. The number of nitrogens with zero attached hydrogens (tertiary/aromatic N) is 7. The molecular weight excluding hydrogens is 447 g/mol. The molecule has 1 saturated heterocycles. The average Bonchev–Trinajstić information content (AvgIpc) is 3.25. The van der Waals surface area contributed by atoms with Crippen LogP contribution in [0, 0.1) is 19.8 Å². The smallest absolute Gasteiger partial charge is 0.370 e. The zero-order chi connectivity index (χ0) is 24.0. The van der Waals surface area contributed by atoms with Crippen LogP contribution in [-0.2, 0) is 11.8 Å². The third kappa shape index (κ3) is 4.45. The highest BCUT2D eigenvalue weighted by atomic mass is 19.4. The molecule has 0 unspecified atom stereocenters. The Bertz CT molecular complexity index is 1190. The van der Waals surface area contributed by atoms with Crippen LogP contribution in [0.2, 0.25) is 0 Å². The Hall–Kier alpha value is -2.82. The fraction of sp³-hybridized carbons (Fsp3) is 0.609. The van der Waals surface area contributed by atoms with E-state index in [1.54, 1.807) is 10.9 Å². The molecule has 0 bridgehead atoms. The molecule has 3 aromatic rings. The Kier molecular flexibility index (Phi) is 5.91. The van der Waals surface area contributed by atoms with Crippen LogP contribution in [-0.4, -0.2) is 55.6 Å². The molecule has 1 saturated carbocycles. The van der Waals surface area contributed by atoms with E-state index in [2.05, 4.69) is 15.0 Å². The number of alkyl halides is 3. The highest BCUT2D eigenvalue weighted by Gasteiger charge is 2.42. The quantitative estimate of drug-likeness (QED) is 0.562. The molecule has 2 aliphatic rings. The second kappa shape index (κ2) is 8.75. The average molecular weight is 476 g/mol. The Morgan fingerprint density at radius 3 is 2.41 bits per heavy atom. The number of aryl methyl sites for hydroxylation is 3. The molecule has 1 atom stereocenters. The first-order valence-corrected chi connectivity index (χ1v) is 11.6. The fourth-order valence-corrected chi connectivity index (χ4v) is 4.88. The van der Waals surface area contributed by atoms with Crippen LogP contribution in [0.25, 0.3) is 11.2 Å². The molecule has 2 fully saturated rings. The second-order valence-electron chi connectivity index (χ2n) is 9.32. The largest absolute Gasteiger partial charge is 0.391 e. The standard InChI is InChI=1S/C23H28F3N7O/c1-13-14(2)29-21-20(28-13)19(15-4-6-17(7-5-15)23(24,25)26)30-22(31-21)33-8-9-34-18(12-33)16-10-27-32(3)11-16/h10-11,15,17-18H,4-9,12H2,1-3H3/t15?,17?,18-/m1/s1. The van der Waals surface area contributed by atoms with E-state index in [9.17, 15) is 13.2 Å². The van der Waals surface area contributed by atoms with Crippen LogP contribution in [0.1, 0.15) is 60.4 Å². The van der Waals surface area contributed by atoms with Gasteiger partial charge in [0.15, 0.2) is 5.65 Å². The normalized spacial score (nSPS) is 24.1. The Labute approximate surface area is 195 Å². The van der Waals surface area contributed by atoms with Gasteiger partial charge in [0.2, 0.25) is 5.95 Å². The Morgan fingerprint density at radius 1 is 1.00 bits per heavy atom. The molecule has 34 heavy (non-hydrogen) atoms. The van der Waals surface area contributed by atoms with Gasteiger partial charge in [-0.3, -0.25) is 4.68 Å². The number of hydrogen-bond donors (Lipinski definition) is 0. The SMILES string of the molecule is Cc1nc2nc(N3CCO[C@@H](c4cnn(C)c4)C3)nc(C3CCC(C(F)(F)F)CC3)c2nc1C. The topological polar surface area (TPSA) is 81.9 Å². The first-order chi connectivity index (χ1) is 16.2. The highest BCUT2D eigenvalue weighted by molar-refractivity contribution is 5.75.